The van der Waals surface area contributed by atoms with Crippen LogP contribution in [0, 0.1) is 5.95 Å². The molecule has 1 amide bonds. The smallest absolute Gasteiger partial charge is 0.286 e. The zero-order valence-corrected chi connectivity index (χ0v) is 5.84. The van der Waals surface area contributed by atoms with Gasteiger partial charge in [0.25, 0.3) is 5.91 Å². The number of nitrogen functional groups attached to an aromatic ring is 1. The highest BCUT2D eigenvalue weighted by molar-refractivity contribution is 5.92. The Morgan fingerprint density at radius 1 is 1.91 bits per heavy atom. The number of aryl methyl sites for hydroxylation is 1. The summed E-state index contributed by atoms with van der Waals surface area (Å²) in [4.78, 5) is 14.0. The topological polar surface area (TPSA) is 72.9 Å². The van der Waals surface area contributed by atoms with Crippen LogP contribution in [0.3, 0.4) is 0 Å². The molecule has 0 aromatic carbocycles. The van der Waals surface area contributed by atoms with Crippen molar-refractivity contribution in [3.05, 3.63) is 18.0 Å². The summed E-state index contributed by atoms with van der Waals surface area (Å²) in [5.74, 6) is 3.28. The minimum atomic E-state index is -0.824. The van der Waals surface area contributed by atoms with Crippen molar-refractivity contribution in [2.45, 2.75) is 0 Å². The van der Waals surface area contributed by atoms with Crippen LogP contribution >= 0.6 is 0 Å². The van der Waals surface area contributed by atoms with Crippen molar-refractivity contribution < 1.29 is 9.18 Å². The van der Waals surface area contributed by atoms with Crippen molar-refractivity contribution in [1.82, 2.24) is 15.0 Å². The number of hydrogen-bond acceptors (Lipinski definition) is 3. The van der Waals surface area contributed by atoms with E-state index >= 15 is 0 Å². The lowest BCUT2D eigenvalue weighted by Crippen LogP contribution is -2.32. The van der Waals surface area contributed by atoms with Gasteiger partial charge >= 0.3 is 0 Å². The molecule has 3 N–H and O–H groups in total. The third kappa shape index (κ3) is 1.20. The quantitative estimate of drug-likeness (QED) is 0.318. The summed E-state index contributed by atoms with van der Waals surface area (Å²) in [7, 11) is 1.50. The molecule has 5 nitrogen and oxygen atoms in total. The molecular weight excluding hydrogens is 151 g/mol. The number of hydrazine groups is 1. The number of imidazole rings is 1. The van der Waals surface area contributed by atoms with Gasteiger partial charge in [0.2, 0.25) is 5.95 Å². The molecule has 0 atom stereocenters. The van der Waals surface area contributed by atoms with Crippen molar-refractivity contribution in [2.24, 2.45) is 12.9 Å². The number of nitrogens with one attached hydrogen (secondary N) is 1. The highest BCUT2D eigenvalue weighted by Crippen LogP contribution is 2.02. The number of hydrogen-bond donors (Lipinski definition) is 2. The van der Waals surface area contributed by atoms with Gasteiger partial charge in [0.05, 0.1) is 6.33 Å². The Balaban J connectivity index is 3.10. The SMILES string of the molecule is Cn1cnc(F)c1C(=O)NN. The van der Waals surface area contributed by atoms with Crippen molar-refractivity contribution in [2.75, 3.05) is 0 Å². The van der Waals surface area contributed by atoms with Crippen molar-refractivity contribution in [3.63, 3.8) is 0 Å². The van der Waals surface area contributed by atoms with Crippen LogP contribution in [-0.4, -0.2) is 15.5 Å². The lowest BCUT2D eigenvalue weighted by atomic mass is 10.4. The first-order chi connectivity index (χ1) is 5.16. The molecule has 0 saturated carbocycles. The first kappa shape index (κ1) is 7.67. The van der Waals surface area contributed by atoms with E-state index < -0.39 is 11.9 Å². The number of aromatic nitrogens is 2. The van der Waals surface area contributed by atoms with E-state index in [9.17, 15) is 9.18 Å². The average Bonchev–Trinajstić information content (AvgIpc) is 2.30. The lowest BCUT2D eigenvalue weighted by Gasteiger charge is -1.98. The molecule has 0 aliphatic heterocycles. The van der Waals surface area contributed by atoms with Gasteiger partial charge in [-0.05, 0) is 0 Å². The van der Waals surface area contributed by atoms with Crippen molar-refractivity contribution in [3.8, 4) is 0 Å². The predicted molar refractivity (Wildman–Crippen MR) is 34.8 cm³/mol. The number of nitrogens with zero attached hydrogens (tertiary/aromatic N) is 2. The van der Waals surface area contributed by atoms with Crippen LogP contribution in [0.15, 0.2) is 6.33 Å². The normalized spacial score (nSPS) is 9.73. The average molecular weight is 158 g/mol. The molecule has 0 spiro atoms. The maximum Gasteiger partial charge on any atom is 0.286 e. The summed E-state index contributed by atoms with van der Waals surface area (Å²) < 4.78 is 13.8. The number of carbonyl (C=O) groups is 1. The van der Waals surface area contributed by atoms with E-state index in [1.165, 1.54) is 17.9 Å². The van der Waals surface area contributed by atoms with Crippen LogP contribution < -0.4 is 11.3 Å². The van der Waals surface area contributed by atoms with E-state index in [0.29, 0.717) is 0 Å². The standard InChI is InChI=1S/C5H7FN4O/c1-10-2-8-4(6)3(10)5(11)9-7/h2H,7H2,1H3,(H,9,11). The highest BCUT2D eigenvalue weighted by Gasteiger charge is 2.15. The molecule has 6 heteroatoms. The first-order valence-corrected chi connectivity index (χ1v) is 2.84. The maximum absolute atomic E-state index is 12.6. The Morgan fingerprint density at radius 3 is 2.91 bits per heavy atom. The van der Waals surface area contributed by atoms with Gasteiger partial charge in [0.1, 0.15) is 0 Å². The molecule has 11 heavy (non-hydrogen) atoms. The zero-order valence-electron chi connectivity index (χ0n) is 5.84. The van der Waals surface area contributed by atoms with E-state index in [1.54, 1.807) is 0 Å². The van der Waals surface area contributed by atoms with Crippen LogP contribution in [0.4, 0.5) is 4.39 Å². The number of carbonyl (C=O) groups excluding carboxylic acids is 1. The molecule has 1 heterocycles. The fourth-order valence-corrected chi connectivity index (χ4v) is 0.724. The molecule has 0 unspecified atom stereocenters. The predicted octanol–water partition coefficient (Wildman–Crippen LogP) is -0.837. The molecule has 1 aromatic heterocycles. The molecule has 0 aliphatic carbocycles. The van der Waals surface area contributed by atoms with Gasteiger partial charge < -0.3 is 4.57 Å². The minimum Gasteiger partial charge on any atom is -0.327 e. The number of nitrogens with two attached hydrogens (primary N) is 1. The molecule has 0 fully saturated rings. The monoisotopic (exact) mass is 158 g/mol. The molecule has 0 aliphatic rings. The maximum atomic E-state index is 12.6. The molecule has 1 rings (SSSR count). The molecule has 0 saturated heterocycles. The van der Waals surface area contributed by atoms with E-state index in [-0.39, 0.29) is 5.69 Å². The second kappa shape index (κ2) is 2.67. The van der Waals surface area contributed by atoms with Crippen LogP contribution in [0.2, 0.25) is 0 Å². The molecule has 0 bridgehead atoms. The van der Waals surface area contributed by atoms with Crippen molar-refractivity contribution >= 4 is 5.91 Å². The zero-order chi connectivity index (χ0) is 8.43. The summed E-state index contributed by atoms with van der Waals surface area (Å²) in [6, 6.07) is 0. The molecular formula is C5H7FN4O. The second-order valence-corrected chi connectivity index (χ2v) is 1.97. The van der Waals surface area contributed by atoms with Gasteiger partial charge in [-0.3, -0.25) is 10.2 Å². The van der Waals surface area contributed by atoms with Gasteiger partial charge in [-0.15, -0.1) is 0 Å². The van der Waals surface area contributed by atoms with Gasteiger partial charge in [0, 0.05) is 7.05 Å². The Labute approximate surface area is 62.0 Å². The van der Waals surface area contributed by atoms with Crippen LogP contribution in [0.1, 0.15) is 10.5 Å². The number of rotatable bonds is 1. The molecule has 60 valence electrons. The Morgan fingerprint density at radius 2 is 2.55 bits per heavy atom. The first-order valence-electron chi connectivity index (χ1n) is 2.84. The van der Waals surface area contributed by atoms with E-state index in [1.807, 2.05) is 5.43 Å². The fraction of sp³-hybridized carbons (Fsp3) is 0.200. The largest absolute Gasteiger partial charge is 0.327 e. The van der Waals surface area contributed by atoms with E-state index in [2.05, 4.69) is 4.98 Å². The molecule has 0 radical (unpaired) electrons. The van der Waals surface area contributed by atoms with Gasteiger partial charge in [-0.25, -0.2) is 10.8 Å². The van der Waals surface area contributed by atoms with Gasteiger partial charge in [0.15, 0.2) is 5.69 Å². The Bertz CT molecular complexity index is 263. The van der Waals surface area contributed by atoms with Crippen LogP contribution in [-0.2, 0) is 7.05 Å². The minimum absolute atomic E-state index is 0.174. The van der Waals surface area contributed by atoms with Crippen molar-refractivity contribution in [1.29, 1.82) is 0 Å². The lowest BCUT2D eigenvalue weighted by molar-refractivity contribution is 0.0941. The summed E-state index contributed by atoms with van der Waals surface area (Å²) >= 11 is 0. The van der Waals surface area contributed by atoms with Crippen LogP contribution in [0.5, 0.6) is 0 Å². The number of halogens is 1. The number of amides is 1. The summed E-state index contributed by atoms with van der Waals surface area (Å²) in [5.41, 5.74) is 1.64. The summed E-state index contributed by atoms with van der Waals surface area (Å²) in [5, 5.41) is 0. The second-order valence-electron chi connectivity index (χ2n) is 1.97. The van der Waals surface area contributed by atoms with E-state index in [4.69, 9.17) is 5.84 Å². The summed E-state index contributed by atoms with van der Waals surface area (Å²) in [6.07, 6.45) is 1.19. The third-order valence-corrected chi connectivity index (χ3v) is 1.24. The Hall–Kier alpha value is -1.43. The molecule has 1 aromatic rings. The fourth-order valence-electron chi connectivity index (χ4n) is 0.724. The third-order valence-electron chi connectivity index (χ3n) is 1.24. The van der Waals surface area contributed by atoms with Crippen LogP contribution in [0.25, 0.3) is 0 Å². The Kier molecular flexibility index (Phi) is 1.86. The summed E-state index contributed by atoms with van der Waals surface area (Å²) in [6.45, 7) is 0. The van der Waals surface area contributed by atoms with E-state index in [0.717, 1.165) is 0 Å². The van der Waals surface area contributed by atoms with Gasteiger partial charge in [-0.2, -0.15) is 4.39 Å². The highest BCUT2D eigenvalue weighted by atomic mass is 19.1. The van der Waals surface area contributed by atoms with Gasteiger partial charge in [-0.1, -0.05) is 0 Å².